The molecule has 1 aliphatic rings. The van der Waals surface area contributed by atoms with Crippen LogP contribution in [0.5, 0.6) is 0 Å². The third-order valence-electron chi connectivity index (χ3n) is 4.98. The van der Waals surface area contributed by atoms with Crippen molar-refractivity contribution < 1.29 is 9.53 Å². The number of aromatic nitrogens is 2. The van der Waals surface area contributed by atoms with Crippen molar-refractivity contribution in [1.29, 1.82) is 0 Å². The van der Waals surface area contributed by atoms with Crippen molar-refractivity contribution in [3.05, 3.63) is 52.8 Å². The summed E-state index contributed by atoms with van der Waals surface area (Å²) in [7, 11) is 3.37. The number of fused-ring (bicyclic) bond motifs is 1. The van der Waals surface area contributed by atoms with Crippen molar-refractivity contribution in [3.63, 3.8) is 0 Å². The Bertz CT molecular complexity index is 727. The lowest BCUT2D eigenvalue weighted by Crippen LogP contribution is -2.37. The first-order valence-electron chi connectivity index (χ1n) is 9.29. The normalized spacial score (nSPS) is 16.3. The molecule has 0 radical (unpaired) electrons. The summed E-state index contributed by atoms with van der Waals surface area (Å²) in [6.07, 6.45) is 3.75. The molecular formula is C20H28N4O2. The lowest BCUT2D eigenvalue weighted by molar-refractivity contribution is 0.0956. The van der Waals surface area contributed by atoms with Crippen molar-refractivity contribution in [2.75, 3.05) is 27.3 Å². The molecule has 2 N–H and O–H groups in total. The average Bonchev–Trinajstić information content (AvgIpc) is 3.05. The van der Waals surface area contributed by atoms with Crippen LogP contribution in [0.2, 0.25) is 0 Å². The van der Waals surface area contributed by atoms with Crippen molar-refractivity contribution in [2.24, 2.45) is 0 Å². The molecule has 0 bridgehead atoms. The van der Waals surface area contributed by atoms with Crippen LogP contribution in [-0.2, 0) is 30.5 Å². The summed E-state index contributed by atoms with van der Waals surface area (Å²) in [5.74, 6) is -0.0998. The number of benzene rings is 1. The second kappa shape index (κ2) is 8.96. The average molecular weight is 356 g/mol. The van der Waals surface area contributed by atoms with Gasteiger partial charge in [-0.1, -0.05) is 30.3 Å². The molecule has 2 aromatic rings. The zero-order valence-electron chi connectivity index (χ0n) is 15.6. The van der Waals surface area contributed by atoms with Crippen molar-refractivity contribution in [3.8, 4) is 0 Å². The monoisotopic (exact) mass is 356 g/mol. The number of carbonyl (C=O) groups excluding carboxylic acids is 1. The van der Waals surface area contributed by atoms with Gasteiger partial charge in [-0.3, -0.25) is 9.48 Å². The minimum Gasteiger partial charge on any atom is -0.383 e. The molecule has 0 aliphatic heterocycles. The Morgan fingerprint density at radius 1 is 1.35 bits per heavy atom. The second-order valence-electron chi connectivity index (χ2n) is 6.70. The minimum absolute atomic E-state index is 0.0998. The van der Waals surface area contributed by atoms with Crippen LogP contribution in [0.25, 0.3) is 0 Å². The molecule has 26 heavy (non-hydrogen) atoms. The molecule has 6 heteroatoms. The standard InChI is InChI=1S/C20H28N4O2/c1-21-20(25)19-17-14-16(22-11-13-26-2)8-9-18(17)24(23-19)12-10-15-6-4-3-5-7-15/h3-7,16,22H,8-14H2,1-2H3,(H,21,25)/t16-/m0/s1. The lowest BCUT2D eigenvalue weighted by Gasteiger charge is -2.24. The van der Waals surface area contributed by atoms with Gasteiger partial charge in [-0.2, -0.15) is 5.10 Å². The Labute approximate surface area is 154 Å². The molecule has 0 spiro atoms. The number of aryl methyl sites for hydroxylation is 2. The van der Waals surface area contributed by atoms with E-state index in [1.807, 2.05) is 10.7 Å². The summed E-state index contributed by atoms with van der Waals surface area (Å²) in [5.41, 5.74) is 4.17. The van der Waals surface area contributed by atoms with Gasteiger partial charge in [-0.05, 0) is 31.2 Å². The van der Waals surface area contributed by atoms with E-state index in [9.17, 15) is 4.79 Å². The molecule has 3 rings (SSSR count). The summed E-state index contributed by atoms with van der Waals surface area (Å²) in [6, 6.07) is 10.8. The number of nitrogens with one attached hydrogen (secondary N) is 2. The van der Waals surface area contributed by atoms with E-state index in [-0.39, 0.29) is 5.91 Å². The number of ether oxygens (including phenoxy) is 1. The first-order valence-corrected chi connectivity index (χ1v) is 9.29. The Hall–Kier alpha value is -2.18. The largest absolute Gasteiger partial charge is 0.383 e. The number of carbonyl (C=O) groups is 1. The molecule has 0 saturated carbocycles. The smallest absolute Gasteiger partial charge is 0.271 e. The van der Waals surface area contributed by atoms with E-state index in [1.165, 1.54) is 11.3 Å². The second-order valence-corrected chi connectivity index (χ2v) is 6.70. The van der Waals surface area contributed by atoms with Crippen LogP contribution >= 0.6 is 0 Å². The van der Waals surface area contributed by atoms with E-state index >= 15 is 0 Å². The van der Waals surface area contributed by atoms with Gasteiger partial charge in [-0.15, -0.1) is 0 Å². The molecule has 1 aromatic carbocycles. The molecule has 1 aliphatic carbocycles. The molecule has 1 amide bonds. The number of hydrogen-bond acceptors (Lipinski definition) is 4. The highest BCUT2D eigenvalue weighted by Gasteiger charge is 2.28. The molecule has 0 fully saturated rings. The van der Waals surface area contributed by atoms with Crippen LogP contribution in [0.15, 0.2) is 30.3 Å². The molecule has 1 aromatic heterocycles. The van der Waals surface area contributed by atoms with Crippen LogP contribution in [0, 0.1) is 0 Å². The predicted octanol–water partition coefficient (Wildman–Crippen LogP) is 1.58. The summed E-state index contributed by atoms with van der Waals surface area (Å²) in [4.78, 5) is 12.3. The molecule has 1 atom stereocenters. The fraction of sp³-hybridized carbons (Fsp3) is 0.500. The molecule has 0 saturated heterocycles. The summed E-state index contributed by atoms with van der Waals surface area (Å²) in [6.45, 7) is 2.32. The number of amides is 1. The highest BCUT2D eigenvalue weighted by atomic mass is 16.5. The van der Waals surface area contributed by atoms with Crippen LogP contribution in [-0.4, -0.2) is 49.0 Å². The summed E-state index contributed by atoms with van der Waals surface area (Å²) < 4.78 is 7.16. The van der Waals surface area contributed by atoms with Gasteiger partial charge < -0.3 is 15.4 Å². The molecule has 1 heterocycles. The maximum atomic E-state index is 12.3. The van der Waals surface area contributed by atoms with Gasteiger partial charge in [0.25, 0.3) is 5.91 Å². The number of hydrogen-bond donors (Lipinski definition) is 2. The first-order chi connectivity index (χ1) is 12.7. The molecule has 0 unspecified atom stereocenters. The Kier molecular flexibility index (Phi) is 6.41. The maximum Gasteiger partial charge on any atom is 0.271 e. The van der Waals surface area contributed by atoms with E-state index in [0.29, 0.717) is 18.3 Å². The molecule has 140 valence electrons. The van der Waals surface area contributed by atoms with E-state index < -0.39 is 0 Å². The van der Waals surface area contributed by atoms with Crippen molar-refractivity contribution in [1.82, 2.24) is 20.4 Å². The zero-order chi connectivity index (χ0) is 18.4. The van der Waals surface area contributed by atoms with Gasteiger partial charge in [0.2, 0.25) is 0 Å². The van der Waals surface area contributed by atoms with Gasteiger partial charge in [0.15, 0.2) is 5.69 Å². The van der Waals surface area contributed by atoms with Gasteiger partial charge in [-0.25, -0.2) is 0 Å². The van der Waals surface area contributed by atoms with E-state index in [2.05, 4.69) is 40.0 Å². The fourth-order valence-corrected chi connectivity index (χ4v) is 3.59. The van der Waals surface area contributed by atoms with Crippen molar-refractivity contribution in [2.45, 2.75) is 38.3 Å². The van der Waals surface area contributed by atoms with Gasteiger partial charge in [0.05, 0.1) is 6.61 Å². The van der Waals surface area contributed by atoms with Crippen LogP contribution in [0.3, 0.4) is 0 Å². The lowest BCUT2D eigenvalue weighted by atomic mass is 9.91. The highest BCUT2D eigenvalue weighted by molar-refractivity contribution is 5.93. The van der Waals surface area contributed by atoms with Crippen LogP contribution < -0.4 is 10.6 Å². The number of methoxy groups -OCH3 is 1. The topological polar surface area (TPSA) is 68.2 Å². The van der Waals surface area contributed by atoms with Gasteiger partial charge in [0.1, 0.15) is 0 Å². The summed E-state index contributed by atoms with van der Waals surface area (Å²) >= 11 is 0. The minimum atomic E-state index is -0.0998. The van der Waals surface area contributed by atoms with Crippen molar-refractivity contribution >= 4 is 5.91 Å². The fourth-order valence-electron chi connectivity index (χ4n) is 3.59. The molecule has 6 nitrogen and oxygen atoms in total. The molecular weight excluding hydrogens is 328 g/mol. The maximum absolute atomic E-state index is 12.3. The Morgan fingerprint density at radius 2 is 2.15 bits per heavy atom. The highest BCUT2D eigenvalue weighted by Crippen LogP contribution is 2.25. The Balaban J connectivity index is 1.76. The third-order valence-corrected chi connectivity index (χ3v) is 4.98. The first kappa shape index (κ1) is 18.6. The van der Waals surface area contributed by atoms with E-state index in [1.54, 1.807) is 14.2 Å². The van der Waals surface area contributed by atoms with E-state index in [0.717, 1.165) is 44.3 Å². The van der Waals surface area contributed by atoms with Crippen LogP contribution in [0.4, 0.5) is 0 Å². The predicted molar refractivity (Wildman–Crippen MR) is 101 cm³/mol. The number of nitrogens with zero attached hydrogens (tertiary/aromatic N) is 2. The SMILES string of the molecule is CNC(=O)c1nn(CCc2ccccc2)c2c1C[C@@H](NCCOC)CC2. The third kappa shape index (κ3) is 4.31. The number of rotatable bonds is 8. The quantitative estimate of drug-likeness (QED) is 0.705. The summed E-state index contributed by atoms with van der Waals surface area (Å²) in [5, 5.41) is 10.9. The zero-order valence-corrected chi connectivity index (χ0v) is 15.6. The van der Waals surface area contributed by atoms with Gasteiger partial charge in [0, 0.05) is 44.5 Å². The van der Waals surface area contributed by atoms with Crippen LogP contribution in [0.1, 0.15) is 33.7 Å². The van der Waals surface area contributed by atoms with Gasteiger partial charge >= 0.3 is 0 Å². The Morgan fingerprint density at radius 3 is 2.88 bits per heavy atom. The van der Waals surface area contributed by atoms with E-state index in [4.69, 9.17) is 4.74 Å².